The summed E-state index contributed by atoms with van der Waals surface area (Å²) in [4.78, 5) is 12.3. The molecule has 0 heterocycles. The van der Waals surface area contributed by atoms with Crippen LogP contribution in [-0.2, 0) is 4.74 Å². The number of phenolic OH excluding ortho intramolecular Hbond substituents is 1. The van der Waals surface area contributed by atoms with E-state index in [1.807, 2.05) is 6.92 Å². The molecule has 138 valence electrons. The molecule has 0 bridgehead atoms. The molecule has 0 fully saturated rings. The highest BCUT2D eigenvalue weighted by molar-refractivity contribution is 6.32. The predicted molar refractivity (Wildman–Crippen MR) is 101 cm³/mol. The van der Waals surface area contributed by atoms with Crippen LogP contribution >= 0.6 is 11.6 Å². The summed E-state index contributed by atoms with van der Waals surface area (Å²) < 4.78 is 15.7. The Morgan fingerprint density at radius 2 is 1.88 bits per heavy atom. The van der Waals surface area contributed by atoms with Crippen LogP contribution < -0.4 is 9.47 Å². The smallest absolute Gasteiger partial charge is 0.185 e. The van der Waals surface area contributed by atoms with Crippen molar-refractivity contribution in [3.63, 3.8) is 0 Å². The van der Waals surface area contributed by atoms with E-state index in [2.05, 4.69) is 0 Å². The number of allylic oxidation sites excluding steroid dienone is 1. The average molecular weight is 377 g/mol. The molecule has 0 aliphatic rings. The minimum atomic E-state index is -0.157. The van der Waals surface area contributed by atoms with Crippen LogP contribution in [0.25, 0.3) is 6.08 Å². The molecule has 0 aromatic heterocycles. The molecule has 2 rings (SSSR count). The lowest BCUT2D eigenvalue weighted by molar-refractivity contribution is 0.104. The van der Waals surface area contributed by atoms with Gasteiger partial charge >= 0.3 is 0 Å². The van der Waals surface area contributed by atoms with Crippen LogP contribution in [-0.4, -0.2) is 37.8 Å². The second-order valence-electron chi connectivity index (χ2n) is 5.35. The SMILES string of the molecule is CCOc1cc(C=CC(=O)c2ccc(OCCOC)cc2)cc(Cl)c1O. The van der Waals surface area contributed by atoms with Gasteiger partial charge in [0.25, 0.3) is 0 Å². The standard InChI is InChI=1S/C20H21ClO5/c1-3-25-19-13-14(12-17(21)20(19)23)4-9-18(22)15-5-7-16(8-6-15)26-11-10-24-2/h4-9,12-13,23H,3,10-11H2,1-2H3. The van der Waals surface area contributed by atoms with Crippen LogP contribution in [0, 0.1) is 0 Å². The largest absolute Gasteiger partial charge is 0.503 e. The summed E-state index contributed by atoms with van der Waals surface area (Å²) in [5.41, 5.74) is 1.19. The highest BCUT2D eigenvalue weighted by Gasteiger charge is 2.09. The fourth-order valence-corrected chi connectivity index (χ4v) is 2.40. The third kappa shape index (κ3) is 5.51. The molecule has 0 spiro atoms. The van der Waals surface area contributed by atoms with Crippen molar-refractivity contribution < 1.29 is 24.1 Å². The van der Waals surface area contributed by atoms with Crippen molar-refractivity contribution in [1.29, 1.82) is 0 Å². The van der Waals surface area contributed by atoms with Gasteiger partial charge in [-0.25, -0.2) is 0 Å². The molecule has 0 saturated carbocycles. The number of ether oxygens (including phenoxy) is 3. The van der Waals surface area contributed by atoms with E-state index in [0.29, 0.717) is 36.7 Å². The third-order valence-electron chi connectivity index (χ3n) is 3.47. The summed E-state index contributed by atoms with van der Waals surface area (Å²) in [6.45, 7) is 3.16. The maximum absolute atomic E-state index is 12.3. The van der Waals surface area contributed by atoms with E-state index in [0.717, 1.165) is 0 Å². The number of hydrogen-bond acceptors (Lipinski definition) is 5. The van der Waals surface area contributed by atoms with Gasteiger partial charge < -0.3 is 19.3 Å². The summed E-state index contributed by atoms with van der Waals surface area (Å²) in [7, 11) is 1.61. The molecule has 0 atom stereocenters. The summed E-state index contributed by atoms with van der Waals surface area (Å²) in [6, 6.07) is 10.1. The van der Waals surface area contributed by atoms with Crippen molar-refractivity contribution in [1.82, 2.24) is 0 Å². The predicted octanol–water partition coefficient (Wildman–Crippen LogP) is 4.37. The number of carbonyl (C=O) groups is 1. The zero-order valence-corrected chi connectivity index (χ0v) is 15.5. The summed E-state index contributed by atoms with van der Waals surface area (Å²) >= 11 is 5.98. The van der Waals surface area contributed by atoms with E-state index in [1.54, 1.807) is 49.6 Å². The quantitative estimate of drug-likeness (QED) is 0.400. The van der Waals surface area contributed by atoms with Gasteiger partial charge in [0.15, 0.2) is 17.3 Å². The molecule has 1 N–H and O–H groups in total. The van der Waals surface area contributed by atoms with Gasteiger partial charge in [-0.1, -0.05) is 17.7 Å². The van der Waals surface area contributed by atoms with Crippen molar-refractivity contribution in [3.05, 3.63) is 58.6 Å². The maximum Gasteiger partial charge on any atom is 0.185 e. The van der Waals surface area contributed by atoms with Crippen molar-refractivity contribution in [2.24, 2.45) is 0 Å². The Morgan fingerprint density at radius 1 is 1.15 bits per heavy atom. The zero-order chi connectivity index (χ0) is 18.9. The molecule has 2 aromatic carbocycles. The van der Waals surface area contributed by atoms with Gasteiger partial charge in [0.05, 0.1) is 18.2 Å². The molecule has 6 heteroatoms. The number of benzene rings is 2. The topological polar surface area (TPSA) is 65.0 Å². The Bertz CT molecular complexity index is 769. The molecular weight excluding hydrogens is 356 g/mol. The number of carbonyl (C=O) groups excluding carboxylic acids is 1. The molecular formula is C20H21ClO5. The minimum absolute atomic E-state index is 0.110. The molecule has 0 aliphatic carbocycles. The van der Waals surface area contributed by atoms with Gasteiger partial charge in [-0.05, 0) is 55.0 Å². The first-order chi connectivity index (χ1) is 12.5. The van der Waals surface area contributed by atoms with E-state index >= 15 is 0 Å². The number of halogens is 1. The second-order valence-corrected chi connectivity index (χ2v) is 5.75. The fraction of sp³-hybridized carbons (Fsp3) is 0.250. The molecule has 0 amide bonds. The van der Waals surface area contributed by atoms with E-state index in [1.165, 1.54) is 6.08 Å². The van der Waals surface area contributed by atoms with Crippen molar-refractivity contribution in [2.45, 2.75) is 6.92 Å². The van der Waals surface area contributed by atoms with Gasteiger partial charge in [0, 0.05) is 12.7 Å². The van der Waals surface area contributed by atoms with Crippen LogP contribution in [0.15, 0.2) is 42.5 Å². The monoisotopic (exact) mass is 376 g/mol. The van der Waals surface area contributed by atoms with Crippen LogP contribution in [0.3, 0.4) is 0 Å². The first kappa shape index (κ1) is 19.8. The van der Waals surface area contributed by atoms with Gasteiger partial charge in [0.2, 0.25) is 0 Å². The summed E-state index contributed by atoms with van der Waals surface area (Å²) in [5.74, 6) is 0.690. The Morgan fingerprint density at radius 3 is 2.54 bits per heavy atom. The number of rotatable bonds is 9. The highest BCUT2D eigenvalue weighted by atomic mass is 35.5. The number of methoxy groups -OCH3 is 1. The maximum atomic E-state index is 12.3. The normalized spacial score (nSPS) is 10.9. The number of ketones is 1. The van der Waals surface area contributed by atoms with Gasteiger partial charge in [0.1, 0.15) is 12.4 Å². The average Bonchev–Trinajstić information content (AvgIpc) is 2.64. The van der Waals surface area contributed by atoms with E-state index in [4.69, 9.17) is 25.8 Å². The van der Waals surface area contributed by atoms with Gasteiger partial charge in [-0.15, -0.1) is 0 Å². The molecule has 0 saturated heterocycles. The third-order valence-corrected chi connectivity index (χ3v) is 3.76. The van der Waals surface area contributed by atoms with E-state index in [-0.39, 0.29) is 22.3 Å². The minimum Gasteiger partial charge on any atom is -0.503 e. The van der Waals surface area contributed by atoms with Gasteiger partial charge in [-0.3, -0.25) is 4.79 Å². The van der Waals surface area contributed by atoms with Crippen LogP contribution in [0.1, 0.15) is 22.8 Å². The van der Waals surface area contributed by atoms with Crippen LogP contribution in [0.2, 0.25) is 5.02 Å². The first-order valence-corrected chi connectivity index (χ1v) is 8.52. The van der Waals surface area contributed by atoms with Crippen molar-refractivity contribution >= 4 is 23.5 Å². The fourth-order valence-electron chi connectivity index (χ4n) is 2.18. The Labute approximate surface area is 157 Å². The first-order valence-electron chi connectivity index (χ1n) is 8.14. The summed E-state index contributed by atoms with van der Waals surface area (Å²) in [6.07, 6.45) is 3.07. The number of aromatic hydroxyl groups is 1. The zero-order valence-electron chi connectivity index (χ0n) is 14.7. The Hall–Kier alpha value is -2.50. The summed E-state index contributed by atoms with van der Waals surface area (Å²) in [5, 5.41) is 10.0. The second kappa shape index (κ2) is 9.85. The molecule has 5 nitrogen and oxygen atoms in total. The highest BCUT2D eigenvalue weighted by Crippen LogP contribution is 2.35. The molecule has 0 aliphatic heterocycles. The number of phenols is 1. The molecule has 0 radical (unpaired) electrons. The van der Waals surface area contributed by atoms with E-state index < -0.39 is 0 Å². The molecule has 2 aromatic rings. The van der Waals surface area contributed by atoms with Crippen LogP contribution in [0.5, 0.6) is 17.2 Å². The van der Waals surface area contributed by atoms with Crippen molar-refractivity contribution in [3.8, 4) is 17.2 Å². The Balaban J connectivity index is 2.07. The van der Waals surface area contributed by atoms with Gasteiger partial charge in [-0.2, -0.15) is 0 Å². The van der Waals surface area contributed by atoms with Crippen LogP contribution in [0.4, 0.5) is 0 Å². The lowest BCUT2D eigenvalue weighted by Crippen LogP contribution is -2.04. The van der Waals surface area contributed by atoms with Crippen molar-refractivity contribution in [2.75, 3.05) is 26.9 Å². The lowest BCUT2D eigenvalue weighted by Gasteiger charge is -2.08. The lowest BCUT2D eigenvalue weighted by atomic mass is 10.1. The number of hydrogen-bond donors (Lipinski definition) is 1. The molecule has 0 unspecified atom stereocenters. The Kier molecular flexibility index (Phi) is 7.51. The van der Waals surface area contributed by atoms with E-state index in [9.17, 15) is 9.90 Å². The molecule has 26 heavy (non-hydrogen) atoms.